The summed E-state index contributed by atoms with van der Waals surface area (Å²) in [5.41, 5.74) is 7.78. The van der Waals surface area contributed by atoms with E-state index < -0.39 is 0 Å². The van der Waals surface area contributed by atoms with Gasteiger partial charge in [0.1, 0.15) is 5.75 Å². The van der Waals surface area contributed by atoms with Crippen molar-refractivity contribution in [1.82, 2.24) is 0 Å². The van der Waals surface area contributed by atoms with Gasteiger partial charge in [-0.1, -0.05) is 17.7 Å². The molecule has 0 amide bonds. The quantitative estimate of drug-likeness (QED) is 0.866. The first-order chi connectivity index (χ1) is 8.35. The van der Waals surface area contributed by atoms with Gasteiger partial charge in [0.15, 0.2) is 0 Å². The standard InChI is InChI=1S/C15H22N2O/c1-11-5-6-14(13(9-11)12(2)17)18-8-7-15(3,4)10-16/h5-6,9,12H,7-8,17H2,1-4H3/t12-/m1/s1. The van der Waals surface area contributed by atoms with E-state index in [0.29, 0.717) is 13.0 Å². The molecule has 1 aromatic carbocycles. The monoisotopic (exact) mass is 246 g/mol. The average molecular weight is 246 g/mol. The van der Waals surface area contributed by atoms with Crippen LogP contribution in [-0.2, 0) is 0 Å². The van der Waals surface area contributed by atoms with Crippen molar-refractivity contribution < 1.29 is 4.74 Å². The Labute approximate surface area is 110 Å². The molecule has 18 heavy (non-hydrogen) atoms. The fraction of sp³-hybridized carbons (Fsp3) is 0.533. The predicted molar refractivity (Wildman–Crippen MR) is 73.3 cm³/mol. The molecule has 1 rings (SSSR count). The highest BCUT2D eigenvalue weighted by Crippen LogP contribution is 2.26. The van der Waals surface area contributed by atoms with Crippen LogP contribution >= 0.6 is 0 Å². The largest absolute Gasteiger partial charge is 0.493 e. The maximum absolute atomic E-state index is 8.94. The first kappa shape index (κ1) is 14.5. The fourth-order valence-corrected chi connectivity index (χ4v) is 1.63. The molecule has 0 aliphatic heterocycles. The van der Waals surface area contributed by atoms with E-state index in [0.717, 1.165) is 11.3 Å². The Morgan fingerprint density at radius 2 is 2.11 bits per heavy atom. The minimum Gasteiger partial charge on any atom is -0.493 e. The summed E-state index contributed by atoms with van der Waals surface area (Å²) in [5.74, 6) is 0.823. The van der Waals surface area contributed by atoms with Crippen LogP contribution in [0.25, 0.3) is 0 Å². The second-order valence-electron chi connectivity index (χ2n) is 5.42. The van der Waals surface area contributed by atoms with Crippen molar-refractivity contribution in [2.75, 3.05) is 6.61 Å². The Morgan fingerprint density at radius 1 is 1.44 bits per heavy atom. The van der Waals surface area contributed by atoms with E-state index in [4.69, 9.17) is 15.7 Å². The zero-order valence-corrected chi connectivity index (χ0v) is 11.7. The summed E-state index contributed by atoms with van der Waals surface area (Å²) < 4.78 is 5.76. The number of hydrogen-bond donors (Lipinski definition) is 1. The van der Waals surface area contributed by atoms with E-state index >= 15 is 0 Å². The normalized spacial score (nSPS) is 12.9. The molecule has 0 saturated heterocycles. The van der Waals surface area contributed by atoms with E-state index in [9.17, 15) is 0 Å². The van der Waals surface area contributed by atoms with E-state index in [2.05, 4.69) is 12.1 Å². The Hall–Kier alpha value is -1.53. The smallest absolute Gasteiger partial charge is 0.124 e. The van der Waals surface area contributed by atoms with Crippen LogP contribution in [0.4, 0.5) is 0 Å². The number of nitrogens with two attached hydrogens (primary N) is 1. The minimum absolute atomic E-state index is 0.0520. The predicted octanol–water partition coefficient (Wildman–Crippen LogP) is 3.33. The highest BCUT2D eigenvalue weighted by Gasteiger charge is 2.17. The first-order valence-electron chi connectivity index (χ1n) is 6.26. The summed E-state index contributed by atoms with van der Waals surface area (Å²) in [4.78, 5) is 0. The Balaban J connectivity index is 2.71. The van der Waals surface area contributed by atoms with Crippen molar-refractivity contribution in [2.24, 2.45) is 11.1 Å². The number of nitrogens with zero attached hydrogens (tertiary/aromatic N) is 1. The van der Waals surface area contributed by atoms with Gasteiger partial charge in [0.25, 0.3) is 0 Å². The second kappa shape index (κ2) is 5.88. The van der Waals surface area contributed by atoms with Crippen LogP contribution in [0, 0.1) is 23.7 Å². The third-order valence-corrected chi connectivity index (χ3v) is 2.94. The molecule has 3 nitrogen and oxygen atoms in total. The van der Waals surface area contributed by atoms with Gasteiger partial charge in [-0.2, -0.15) is 5.26 Å². The van der Waals surface area contributed by atoms with Crippen molar-refractivity contribution in [1.29, 1.82) is 5.26 Å². The van der Waals surface area contributed by atoms with Crippen LogP contribution in [0.2, 0.25) is 0 Å². The third-order valence-electron chi connectivity index (χ3n) is 2.94. The van der Waals surface area contributed by atoms with Crippen molar-refractivity contribution in [3.63, 3.8) is 0 Å². The molecule has 1 aromatic rings. The summed E-state index contributed by atoms with van der Waals surface area (Å²) in [6.07, 6.45) is 0.704. The lowest BCUT2D eigenvalue weighted by Crippen LogP contribution is -2.14. The highest BCUT2D eigenvalue weighted by molar-refractivity contribution is 5.38. The molecule has 2 N–H and O–H groups in total. The average Bonchev–Trinajstić information content (AvgIpc) is 2.30. The Kier molecular flexibility index (Phi) is 4.75. The van der Waals surface area contributed by atoms with Gasteiger partial charge in [-0.15, -0.1) is 0 Å². The number of benzene rings is 1. The van der Waals surface area contributed by atoms with Gasteiger partial charge in [-0.3, -0.25) is 0 Å². The lowest BCUT2D eigenvalue weighted by molar-refractivity contribution is 0.261. The number of aryl methyl sites for hydroxylation is 1. The van der Waals surface area contributed by atoms with Crippen LogP contribution in [0.3, 0.4) is 0 Å². The van der Waals surface area contributed by atoms with Gasteiger partial charge >= 0.3 is 0 Å². The molecule has 98 valence electrons. The summed E-state index contributed by atoms with van der Waals surface area (Å²) in [7, 11) is 0. The highest BCUT2D eigenvalue weighted by atomic mass is 16.5. The molecule has 0 radical (unpaired) electrons. The minimum atomic E-state index is -0.348. The second-order valence-corrected chi connectivity index (χ2v) is 5.42. The zero-order chi connectivity index (χ0) is 13.8. The first-order valence-corrected chi connectivity index (χ1v) is 6.26. The van der Waals surface area contributed by atoms with Crippen LogP contribution in [-0.4, -0.2) is 6.61 Å². The van der Waals surface area contributed by atoms with E-state index in [1.54, 1.807) is 0 Å². The topological polar surface area (TPSA) is 59.0 Å². The van der Waals surface area contributed by atoms with Crippen molar-refractivity contribution in [3.8, 4) is 11.8 Å². The van der Waals surface area contributed by atoms with Gasteiger partial charge in [0.2, 0.25) is 0 Å². The summed E-state index contributed by atoms with van der Waals surface area (Å²) in [6.45, 7) is 8.34. The maximum atomic E-state index is 8.94. The van der Waals surface area contributed by atoms with E-state index in [1.165, 1.54) is 5.56 Å². The summed E-state index contributed by atoms with van der Waals surface area (Å²) in [5, 5.41) is 8.94. The molecule has 0 heterocycles. The molecule has 0 saturated carbocycles. The molecule has 0 aliphatic carbocycles. The number of rotatable bonds is 5. The molecule has 0 aromatic heterocycles. The molecule has 1 atom stereocenters. The van der Waals surface area contributed by atoms with Gasteiger partial charge in [0.05, 0.1) is 18.1 Å². The van der Waals surface area contributed by atoms with E-state index in [-0.39, 0.29) is 11.5 Å². The fourth-order valence-electron chi connectivity index (χ4n) is 1.63. The molecular formula is C15H22N2O. The third kappa shape index (κ3) is 4.05. The van der Waals surface area contributed by atoms with Crippen LogP contribution in [0.1, 0.15) is 44.4 Å². The van der Waals surface area contributed by atoms with Crippen LogP contribution in [0.5, 0.6) is 5.75 Å². The zero-order valence-electron chi connectivity index (χ0n) is 11.7. The number of ether oxygens (including phenoxy) is 1. The van der Waals surface area contributed by atoms with E-state index in [1.807, 2.05) is 39.8 Å². The molecular weight excluding hydrogens is 224 g/mol. The molecule has 0 fully saturated rings. The van der Waals surface area contributed by atoms with Gasteiger partial charge < -0.3 is 10.5 Å². The lowest BCUT2D eigenvalue weighted by atomic mass is 9.92. The SMILES string of the molecule is Cc1ccc(OCCC(C)(C)C#N)c([C@@H](C)N)c1. The van der Waals surface area contributed by atoms with Gasteiger partial charge in [0, 0.05) is 11.6 Å². The van der Waals surface area contributed by atoms with Crippen molar-refractivity contribution in [3.05, 3.63) is 29.3 Å². The van der Waals surface area contributed by atoms with Crippen LogP contribution in [0.15, 0.2) is 18.2 Å². The van der Waals surface area contributed by atoms with Crippen molar-refractivity contribution in [2.45, 2.75) is 40.2 Å². The number of hydrogen-bond acceptors (Lipinski definition) is 3. The van der Waals surface area contributed by atoms with Crippen molar-refractivity contribution >= 4 is 0 Å². The molecule has 0 bridgehead atoms. The Morgan fingerprint density at radius 3 is 2.67 bits per heavy atom. The molecule has 0 spiro atoms. The molecule has 3 heteroatoms. The van der Waals surface area contributed by atoms with Crippen LogP contribution < -0.4 is 10.5 Å². The van der Waals surface area contributed by atoms with Gasteiger partial charge in [-0.05, 0) is 40.2 Å². The summed E-state index contributed by atoms with van der Waals surface area (Å²) >= 11 is 0. The lowest BCUT2D eigenvalue weighted by Gasteiger charge is -2.18. The summed E-state index contributed by atoms with van der Waals surface area (Å²) in [6, 6.07) is 8.23. The van der Waals surface area contributed by atoms with Gasteiger partial charge in [-0.25, -0.2) is 0 Å². The molecule has 0 aliphatic rings. The maximum Gasteiger partial charge on any atom is 0.124 e. The molecule has 0 unspecified atom stereocenters. The Bertz CT molecular complexity index is 444. The number of nitriles is 1.